The lowest BCUT2D eigenvalue weighted by atomic mass is 9.97. The van der Waals surface area contributed by atoms with Gasteiger partial charge in [0.25, 0.3) is 0 Å². The summed E-state index contributed by atoms with van der Waals surface area (Å²) in [6.45, 7) is 8.00. The maximum absolute atomic E-state index is 12.8. The first-order valence-electron chi connectivity index (χ1n) is 9.95. The highest BCUT2D eigenvalue weighted by Crippen LogP contribution is 2.26. The second kappa shape index (κ2) is 9.84. The van der Waals surface area contributed by atoms with Crippen molar-refractivity contribution in [2.75, 3.05) is 36.9 Å². The zero-order valence-electron chi connectivity index (χ0n) is 17.2. The molecule has 0 saturated carbocycles. The molecule has 2 N–H and O–H groups in total. The number of likely N-dealkylation sites (tertiary alicyclic amines) is 1. The number of thiazole rings is 1. The number of hydrogen-bond donors (Lipinski definition) is 2. The molecule has 2 aromatic rings. The van der Waals surface area contributed by atoms with E-state index in [1.807, 2.05) is 49.9 Å². The van der Waals surface area contributed by atoms with Gasteiger partial charge in [0.05, 0.1) is 30.5 Å². The van der Waals surface area contributed by atoms with Gasteiger partial charge in [0.1, 0.15) is 5.75 Å². The minimum absolute atomic E-state index is 0.0339. The molecule has 2 amide bonds. The molecule has 1 atom stereocenters. The highest BCUT2D eigenvalue weighted by molar-refractivity contribution is 7.15. The number of rotatable bonds is 7. The first-order valence-corrected chi connectivity index (χ1v) is 10.8. The smallest absolute Gasteiger partial charge is 0.240 e. The minimum Gasteiger partial charge on any atom is -0.492 e. The molecule has 1 saturated heterocycles. The number of ether oxygens (including phenoxy) is 1. The van der Waals surface area contributed by atoms with Crippen molar-refractivity contribution in [2.24, 2.45) is 5.92 Å². The van der Waals surface area contributed by atoms with E-state index in [1.54, 1.807) is 0 Å². The number of aryl methyl sites for hydroxylation is 2. The van der Waals surface area contributed by atoms with Gasteiger partial charge in [-0.1, -0.05) is 12.1 Å². The maximum atomic E-state index is 12.8. The third kappa shape index (κ3) is 5.77. The summed E-state index contributed by atoms with van der Waals surface area (Å²) in [5.74, 6) is 0.384. The molecule has 0 spiro atoms. The molecule has 8 heteroatoms. The Balaban J connectivity index is 1.54. The molecule has 0 bridgehead atoms. The van der Waals surface area contributed by atoms with Crippen molar-refractivity contribution in [3.8, 4) is 5.75 Å². The van der Waals surface area contributed by atoms with Crippen LogP contribution in [0.5, 0.6) is 5.75 Å². The molecule has 156 valence electrons. The summed E-state index contributed by atoms with van der Waals surface area (Å²) < 4.78 is 5.58. The van der Waals surface area contributed by atoms with Crippen LogP contribution in [0.1, 0.15) is 30.3 Å². The van der Waals surface area contributed by atoms with Gasteiger partial charge >= 0.3 is 0 Å². The standard InChI is InChI=1S/C21H28N4O3S/c1-4-28-18-10-6-5-9-17(18)23-20(27)16-8-7-11-25(12-16)13-19(26)24-21-22-14(2)15(3)29-21/h5-6,9-10,16H,4,7-8,11-13H2,1-3H3,(H,23,27)(H,22,24,26). The zero-order chi connectivity index (χ0) is 20.8. The second-order valence-corrected chi connectivity index (χ2v) is 8.40. The Bertz CT molecular complexity index is 848. The van der Waals surface area contributed by atoms with E-state index >= 15 is 0 Å². The molecule has 1 aliphatic heterocycles. The molecular formula is C21H28N4O3S. The number of carbonyl (C=O) groups is 2. The molecule has 1 aliphatic rings. The van der Waals surface area contributed by atoms with Gasteiger partial charge in [0.2, 0.25) is 11.8 Å². The number of benzene rings is 1. The minimum atomic E-state index is -0.157. The van der Waals surface area contributed by atoms with Crippen molar-refractivity contribution < 1.29 is 14.3 Å². The Morgan fingerprint density at radius 1 is 1.28 bits per heavy atom. The van der Waals surface area contributed by atoms with Crippen LogP contribution in [0.3, 0.4) is 0 Å². The van der Waals surface area contributed by atoms with Gasteiger partial charge in [0, 0.05) is 11.4 Å². The molecule has 1 aromatic heterocycles. The molecule has 0 aliphatic carbocycles. The van der Waals surface area contributed by atoms with Gasteiger partial charge in [-0.2, -0.15) is 0 Å². The highest BCUT2D eigenvalue weighted by atomic mass is 32.1. The molecule has 1 fully saturated rings. The number of para-hydroxylation sites is 2. The summed E-state index contributed by atoms with van der Waals surface area (Å²) in [4.78, 5) is 32.6. The van der Waals surface area contributed by atoms with E-state index < -0.39 is 0 Å². The maximum Gasteiger partial charge on any atom is 0.240 e. The molecule has 1 aromatic carbocycles. The summed E-state index contributed by atoms with van der Waals surface area (Å²) >= 11 is 1.48. The van der Waals surface area contributed by atoms with E-state index in [0.29, 0.717) is 29.7 Å². The molecule has 7 nitrogen and oxygen atoms in total. The number of nitrogens with zero attached hydrogens (tertiary/aromatic N) is 2. The first-order chi connectivity index (χ1) is 14.0. The van der Waals surface area contributed by atoms with E-state index in [4.69, 9.17) is 4.74 Å². The van der Waals surface area contributed by atoms with Crippen molar-refractivity contribution in [2.45, 2.75) is 33.6 Å². The average molecular weight is 417 g/mol. The average Bonchev–Trinajstić information content (AvgIpc) is 3.00. The summed E-state index contributed by atoms with van der Waals surface area (Å²) in [5.41, 5.74) is 1.62. The number of anilines is 2. The SMILES string of the molecule is CCOc1ccccc1NC(=O)C1CCCN(CC(=O)Nc2nc(C)c(C)s2)C1. The topological polar surface area (TPSA) is 83.6 Å². The van der Waals surface area contributed by atoms with Gasteiger partial charge in [-0.15, -0.1) is 11.3 Å². The van der Waals surface area contributed by atoms with E-state index in [1.165, 1.54) is 11.3 Å². The van der Waals surface area contributed by atoms with Crippen LogP contribution in [0.15, 0.2) is 24.3 Å². The lowest BCUT2D eigenvalue weighted by molar-refractivity contribution is -0.123. The molecule has 1 unspecified atom stereocenters. The fourth-order valence-corrected chi connectivity index (χ4v) is 4.22. The van der Waals surface area contributed by atoms with Crippen molar-refractivity contribution >= 4 is 34.0 Å². The van der Waals surface area contributed by atoms with Gasteiger partial charge in [-0.05, 0) is 52.3 Å². The summed E-state index contributed by atoms with van der Waals surface area (Å²) in [7, 11) is 0. The van der Waals surface area contributed by atoms with E-state index in [-0.39, 0.29) is 24.3 Å². The van der Waals surface area contributed by atoms with Crippen LogP contribution in [0.4, 0.5) is 10.8 Å². The van der Waals surface area contributed by atoms with E-state index in [9.17, 15) is 9.59 Å². The van der Waals surface area contributed by atoms with E-state index in [0.717, 1.165) is 30.0 Å². The molecule has 0 radical (unpaired) electrons. The fourth-order valence-electron chi connectivity index (χ4n) is 3.39. The third-order valence-electron chi connectivity index (χ3n) is 4.96. The Morgan fingerprint density at radius 3 is 2.79 bits per heavy atom. The third-order valence-corrected chi connectivity index (χ3v) is 5.95. The van der Waals surface area contributed by atoms with Crippen molar-refractivity contribution in [3.05, 3.63) is 34.8 Å². The molecule has 3 rings (SSSR count). The summed E-state index contributed by atoms with van der Waals surface area (Å²) in [5, 5.41) is 6.48. The van der Waals surface area contributed by atoms with Gasteiger partial charge in [-0.3, -0.25) is 14.5 Å². The predicted molar refractivity (Wildman–Crippen MR) is 116 cm³/mol. The van der Waals surface area contributed by atoms with Crippen molar-refractivity contribution in [1.29, 1.82) is 0 Å². The second-order valence-electron chi connectivity index (χ2n) is 7.20. The summed E-state index contributed by atoms with van der Waals surface area (Å²) in [6.07, 6.45) is 1.69. The molecule has 2 heterocycles. The van der Waals surface area contributed by atoms with Crippen LogP contribution in [0, 0.1) is 19.8 Å². The monoisotopic (exact) mass is 416 g/mol. The van der Waals surface area contributed by atoms with Crippen molar-refractivity contribution in [1.82, 2.24) is 9.88 Å². The first kappa shape index (κ1) is 21.3. The normalized spacial score (nSPS) is 17.0. The highest BCUT2D eigenvalue weighted by Gasteiger charge is 2.27. The van der Waals surface area contributed by atoms with Gasteiger partial charge in [-0.25, -0.2) is 4.98 Å². The Morgan fingerprint density at radius 2 is 2.07 bits per heavy atom. The Kier molecular flexibility index (Phi) is 7.22. The van der Waals surface area contributed by atoms with Gasteiger partial charge < -0.3 is 15.4 Å². The predicted octanol–water partition coefficient (Wildman–Crippen LogP) is 3.45. The summed E-state index contributed by atoms with van der Waals surface area (Å²) in [6, 6.07) is 7.44. The molecule has 29 heavy (non-hydrogen) atoms. The zero-order valence-corrected chi connectivity index (χ0v) is 18.0. The molecular weight excluding hydrogens is 388 g/mol. The number of amides is 2. The number of piperidine rings is 1. The van der Waals surface area contributed by atoms with Crippen LogP contribution in [-0.2, 0) is 9.59 Å². The van der Waals surface area contributed by atoms with Crippen LogP contribution >= 0.6 is 11.3 Å². The fraction of sp³-hybridized carbons (Fsp3) is 0.476. The number of aromatic nitrogens is 1. The Labute approximate surface area is 175 Å². The largest absolute Gasteiger partial charge is 0.492 e. The van der Waals surface area contributed by atoms with Crippen LogP contribution < -0.4 is 15.4 Å². The number of hydrogen-bond acceptors (Lipinski definition) is 6. The van der Waals surface area contributed by atoms with Gasteiger partial charge in [0.15, 0.2) is 5.13 Å². The van der Waals surface area contributed by atoms with Crippen molar-refractivity contribution in [3.63, 3.8) is 0 Å². The lowest BCUT2D eigenvalue weighted by Crippen LogP contribution is -2.44. The number of carbonyl (C=O) groups excluding carboxylic acids is 2. The Hall–Kier alpha value is -2.45. The van der Waals surface area contributed by atoms with E-state index in [2.05, 4.69) is 15.6 Å². The number of nitrogens with one attached hydrogen (secondary N) is 2. The quantitative estimate of drug-likeness (QED) is 0.722. The lowest BCUT2D eigenvalue weighted by Gasteiger charge is -2.31. The van der Waals surface area contributed by atoms with Crippen LogP contribution in [0.25, 0.3) is 0 Å². The van der Waals surface area contributed by atoms with Crippen LogP contribution in [0.2, 0.25) is 0 Å². The van der Waals surface area contributed by atoms with Crippen LogP contribution in [-0.4, -0.2) is 47.9 Å².